The molecule has 18 heteroatoms. The van der Waals surface area contributed by atoms with Gasteiger partial charge in [0, 0.05) is 58.3 Å². The zero-order valence-corrected chi connectivity index (χ0v) is 34.2. The molecule has 0 unspecified atom stereocenters. The van der Waals surface area contributed by atoms with Crippen LogP contribution in [0.5, 0.6) is 0 Å². The van der Waals surface area contributed by atoms with Crippen LogP contribution < -0.4 is 32.7 Å². The molecule has 8 rings (SSSR count). The highest BCUT2D eigenvalue weighted by Gasteiger charge is 2.31. The number of pyridine rings is 2. The van der Waals surface area contributed by atoms with Gasteiger partial charge in [-0.05, 0) is 122 Å². The molecule has 61 heavy (non-hydrogen) atoms. The standard InChI is InChI=1S/C22H17ClF2N4O2.C16H13ClF2N2O.C5H6N2.ClH/c23-16-10-12(3-6-17(16)24)27-21(30)15-4-7-18(25)20-14(15)5-8-19(20)29-22(31)28-13-2-1-9-26-11-13;17-11-7-8(1-4-12(11)18)21-16(22)10-2-5-13(19)15-9(10)3-6-14(15)20;6-5-2-1-3-7-4-5;/h1-4,6-7,9-11,19H,5,8H2,(H,27,30)(H2,28,29,31);1-2,4-5,7,14H,3,6,20H2,(H,21,22);1-4H,6H2;1H/t19-;14-;;/m00../s1. The number of nitrogen functional groups attached to an aromatic ring is 1. The Hall–Kier alpha value is -6.26. The predicted octanol–water partition coefficient (Wildman–Crippen LogP) is 9.98. The largest absolute Gasteiger partial charge is 0.397 e. The highest BCUT2D eigenvalue weighted by molar-refractivity contribution is 6.31. The van der Waals surface area contributed by atoms with Crippen LogP contribution in [-0.4, -0.2) is 27.8 Å². The molecule has 0 aliphatic heterocycles. The third-order valence-corrected chi connectivity index (χ3v) is 10.0. The third-order valence-electron chi connectivity index (χ3n) is 9.47. The summed E-state index contributed by atoms with van der Waals surface area (Å²) >= 11 is 11.4. The lowest BCUT2D eigenvalue weighted by Crippen LogP contribution is -2.32. The van der Waals surface area contributed by atoms with Crippen molar-refractivity contribution in [3.63, 3.8) is 0 Å². The molecule has 4 aromatic carbocycles. The first-order valence-corrected chi connectivity index (χ1v) is 19.1. The maximum Gasteiger partial charge on any atom is 0.319 e. The van der Waals surface area contributed by atoms with Crippen molar-refractivity contribution < 1.29 is 31.9 Å². The Balaban J connectivity index is 0.000000203. The molecule has 2 aliphatic carbocycles. The van der Waals surface area contributed by atoms with Gasteiger partial charge in [0.25, 0.3) is 11.8 Å². The lowest BCUT2D eigenvalue weighted by Gasteiger charge is -2.16. The van der Waals surface area contributed by atoms with Gasteiger partial charge < -0.3 is 32.7 Å². The van der Waals surface area contributed by atoms with Gasteiger partial charge in [-0.25, -0.2) is 22.4 Å². The number of urea groups is 1. The molecule has 316 valence electrons. The van der Waals surface area contributed by atoms with Crippen LogP contribution in [0, 0.1) is 23.3 Å². The van der Waals surface area contributed by atoms with E-state index in [0.717, 1.165) is 6.07 Å². The van der Waals surface area contributed by atoms with Crippen molar-refractivity contribution in [1.82, 2.24) is 15.3 Å². The first-order valence-electron chi connectivity index (χ1n) is 18.3. The van der Waals surface area contributed by atoms with Crippen LogP contribution in [0.3, 0.4) is 0 Å². The number of aromatic nitrogens is 2. The monoisotopic (exact) mass is 894 g/mol. The fourth-order valence-electron chi connectivity index (χ4n) is 6.72. The second-order valence-corrected chi connectivity index (χ2v) is 14.3. The second kappa shape index (κ2) is 20.8. The van der Waals surface area contributed by atoms with E-state index in [1.807, 2.05) is 0 Å². The topological polar surface area (TPSA) is 177 Å². The van der Waals surface area contributed by atoms with Crippen LogP contribution in [0.1, 0.15) is 67.9 Å². The Bertz CT molecular complexity index is 2540. The zero-order valence-electron chi connectivity index (χ0n) is 31.8. The lowest BCUT2D eigenvalue weighted by atomic mass is 10.0. The molecule has 2 atom stereocenters. The Morgan fingerprint density at radius 1 is 0.623 bits per heavy atom. The molecule has 0 saturated heterocycles. The maximum absolute atomic E-state index is 14.6. The number of rotatable bonds is 6. The van der Waals surface area contributed by atoms with Crippen LogP contribution in [0.25, 0.3) is 0 Å². The van der Waals surface area contributed by atoms with Crippen molar-refractivity contribution in [3.05, 3.63) is 176 Å². The van der Waals surface area contributed by atoms with Crippen LogP contribution in [0.15, 0.2) is 110 Å². The summed E-state index contributed by atoms with van der Waals surface area (Å²) in [7, 11) is 0. The average molecular weight is 896 g/mol. The molecule has 0 saturated carbocycles. The maximum atomic E-state index is 14.6. The number of amides is 4. The van der Waals surface area contributed by atoms with E-state index >= 15 is 0 Å². The minimum absolute atomic E-state index is 0. The van der Waals surface area contributed by atoms with Crippen molar-refractivity contribution in [1.29, 1.82) is 0 Å². The minimum Gasteiger partial charge on any atom is -0.397 e. The Morgan fingerprint density at radius 2 is 1.13 bits per heavy atom. The molecule has 0 radical (unpaired) electrons. The number of hydrogen-bond donors (Lipinski definition) is 6. The molecule has 0 bridgehead atoms. The van der Waals surface area contributed by atoms with Crippen molar-refractivity contribution in [2.24, 2.45) is 5.73 Å². The average Bonchev–Trinajstić information content (AvgIpc) is 3.83. The summed E-state index contributed by atoms with van der Waals surface area (Å²) in [4.78, 5) is 45.1. The van der Waals surface area contributed by atoms with E-state index in [1.54, 1.807) is 42.9 Å². The SMILES string of the molecule is Cl.N[C@H]1CCc2c(C(=O)Nc3ccc(F)c(Cl)c3)ccc(F)c21.Nc1cccnc1.O=C(Nc1cccnc1)N[C@H]1CCc2c(C(=O)Nc3ccc(F)c(Cl)c3)ccc(F)c21. The molecule has 0 spiro atoms. The summed E-state index contributed by atoms with van der Waals surface area (Å²) in [6, 6.07) is 18.5. The van der Waals surface area contributed by atoms with Crippen molar-refractivity contribution in [2.45, 2.75) is 37.8 Å². The smallest absolute Gasteiger partial charge is 0.319 e. The number of nitrogens with two attached hydrogens (primary N) is 2. The van der Waals surface area contributed by atoms with Gasteiger partial charge in [0.05, 0.1) is 33.7 Å². The van der Waals surface area contributed by atoms with Gasteiger partial charge in [-0.15, -0.1) is 12.4 Å². The molecule has 2 heterocycles. The normalized spacial score (nSPS) is 14.3. The first-order chi connectivity index (χ1) is 28.8. The van der Waals surface area contributed by atoms with E-state index in [1.165, 1.54) is 60.8 Å². The van der Waals surface area contributed by atoms with E-state index in [2.05, 4.69) is 31.2 Å². The van der Waals surface area contributed by atoms with Crippen LogP contribution in [0.2, 0.25) is 10.0 Å². The summed E-state index contributed by atoms with van der Waals surface area (Å²) in [5.74, 6) is -2.91. The second-order valence-electron chi connectivity index (χ2n) is 13.5. The van der Waals surface area contributed by atoms with Gasteiger partial charge in [0.1, 0.15) is 23.3 Å². The third kappa shape index (κ3) is 11.5. The molecule has 8 N–H and O–H groups in total. The summed E-state index contributed by atoms with van der Waals surface area (Å²) in [5.41, 5.74) is 15.6. The number of nitrogens with zero attached hydrogens (tertiary/aromatic N) is 2. The number of carbonyl (C=O) groups excluding carboxylic acids is 3. The van der Waals surface area contributed by atoms with Crippen molar-refractivity contribution in [2.75, 3.05) is 21.7 Å². The molecule has 6 aromatic rings. The quantitative estimate of drug-likeness (QED) is 0.0902. The van der Waals surface area contributed by atoms with E-state index in [9.17, 15) is 31.9 Å². The van der Waals surface area contributed by atoms with Crippen molar-refractivity contribution in [3.8, 4) is 0 Å². The van der Waals surface area contributed by atoms with Crippen molar-refractivity contribution >= 4 is 76.2 Å². The number of anilines is 4. The Labute approximate surface area is 363 Å². The number of fused-ring (bicyclic) bond motifs is 2. The van der Waals surface area contributed by atoms with Crippen LogP contribution in [-0.2, 0) is 12.8 Å². The van der Waals surface area contributed by atoms with E-state index in [0.29, 0.717) is 70.7 Å². The van der Waals surface area contributed by atoms with E-state index < -0.39 is 41.3 Å². The fourth-order valence-corrected chi connectivity index (χ4v) is 7.08. The summed E-state index contributed by atoms with van der Waals surface area (Å²) in [5, 5.41) is 10.5. The highest BCUT2D eigenvalue weighted by atomic mass is 35.5. The number of hydrogen-bond acceptors (Lipinski definition) is 7. The lowest BCUT2D eigenvalue weighted by molar-refractivity contribution is 0.101. The van der Waals surface area contributed by atoms with Gasteiger partial charge in [-0.1, -0.05) is 23.2 Å². The molecule has 0 fully saturated rings. The zero-order chi connectivity index (χ0) is 42.9. The highest BCUT2D eigenvalue weighted by Crippen LogP contribution is 2.37. The van der Waals surface area contributed by atoms with Gasteiger partial charge in [-0.3, -0.25) is 19.6 Å². The molecule has 2 aromatic heterocycles. The first kappa shape index (κ1) is 45.8. The Morgan fingerprint density at radius 3 is 1.62 bits per heavy atom. The van der Waals surface area contributed by atoms with Gasteiger partial charge >= 0.3 is 6.03 Å². The van der Waals surface area contributed by atoms with Gasteiger partial charge in [0.2, 0.25) is 0 Å². The van der Waals surface area contributed by atoms with Crippen LogP contribution >= 0.6 is 35.6 Å². The number of carbonyl (C=O) groups is 3. The van der Waals surface area contributed by atoms with Gasteiger partial charge in [-0.2, -0.15) is 0 Å². The fraction of sp³-hybridized carbons (Fsp3) is 0.140. The van der Waals surface area contributed by atoms with Crippen LogP contribution in [0.4, 0.5) is 45.1 Å². The molecule has 4 amide bonds. The number of benzene rings is 4. The molecular formula is C43H37Cl3F4N8O3. The Kier molecular flexibility index (Phi) is 15.6. The molecule has 2 aliphatic rings. The number of halogens is 7. The van der Waals surface area contributed by atoms with E-state index in [4.69, 9.17) is 34.7 Å². The summed E-state index contributed by atoms with van der Waals surface area (Å²) in [6.45, 7) is 0. The number of nitrogens with one attached hydrogen (secondary N) is 4. The molecular weight excluding hydrogens is 859 g/mol. The van der Waals surface area contributed by atoms with E-state index in [-0.39, 0.29) is 45.4 Å². The predicted molar refractivity (Wildman–Crippen MR) is 230 cm³/mol. The molecule has 11 nitrogen and oxygen atoms in total. The summed E-state index contributed by atoms with van der Waals surface area (Å²) < 4.78 is 54.9. The van der Waals surface area contributed by atoms with Gasteiger partial charge in [0.15, 0.2) is 0 Å². The minimum atomic E-state index is -0.596. The summed E-state index contributed by atoms with van der Waals surface area (Å²) in [6.07, 6.45) is 8.40.